The molecule has 1 aliphatic rings. The SMILES string of the molecule is O=C(O)C[C@H](OC1OC(CO)[C@@H](O)[C@H](O)C1O)C(=O)O. The van der Waals surface area contributed by atoms with Gasteiger partial charge in [0, 0.05) is 0 Å². The van der Waals surface area contributed by atoms with Gasteiger partial charge in [-0.05, 0) is 0 Å². The summed E-state index contributed by atoms with van der Waals surface area (Å²) in [6.07, 6.45) is -10.8. The Morgan fingerprint density at radius 3 is 2.15 bits per heavy atom. The Hall–Kier alpha value is -1.30. The Kier molecular flexibility index (Phi) is 5.80. The van der Waals surface area contributed by atoms with Crippen molar-refractivity contribution in [3.63, 3.8) is 0 Å². The fourth-order valence-corrected chi connectivity index (χ4v) is 1.69. The molecule has 0 aliphatic carbocycles. The van der Waals surface area contributed by atoms with E-state index in [2.05, 4.69) is 0 Å². The lowest BCUT2D eigenvalue weighted by Crippen LogP contribution is -2.60. The van der Waals surface area contributed by atoms with Gasteiger partial charge >= 0.3 is 11.9 Å². The topological polar surface area (TPSA) is 174 Å². The van der Waals surface area contributed by atoms with Crippen molar-refractivity contribution >= 4 is 11.9 Å². The normalized spacial score (nSPS) is 35.5. The van der Waals surface area contributed by atoms with E-state index < -0.39 is 61.8 Å². The van der Waals surface area contributed by atoms with Crippen LogP contribution in [0.1, 0.15) is 6.42 Å². The summed E-state index contributed by atoms with van der Waals surface area (Å²) < 4.78 is 9.70. The minimum absolute atomic E-state index is 0.707. The number of rotatable bonds is 6. The number of aliphatic carboxylic acids is 2. The van der Waals surface area contributed by atoms with Gasteiger partial charge in [0.1, 0.15) is 24.4 Å². The summed E-state index contributed by atoms with van der Waals surface area (Å²) in [5.74, 6) is -3.04. The van der Waals surface area contributed by atoms with Gasteiger partial charge in [0.15, 0.2) is 12.4 Å². The number of ether oxygens (including phenoxy) is 2. The summed E-state index contributed by atoms with van der Waals surface area (Å²) in [5, 5.41) is 54.8. The van der Waals surface area contributed by atoms with Gasteiger partial charge in [-0.15, -0.1) is 0 Å². The first-order valence-electron chi connectivity index (χ1n) is 5.68. The molecule has 0 saturated carbocycles. The molecule has 116 valence electrons. The maximum atomic E-state index is 10.8. The highest BCUT2D eigenvalue weighted by Gasteiger charge is 2.45. The molecule has 1 fully saturated rings. The fraction of sp³-hybridized carbons (Fsp3) is 0.800. The first kappa shape index (κ1) is 16.8. The van der Waals surface area contributed by atoms with Crippen LogP contribution >= 0.6 is 0 Å². The molecule has 0 aromatic carbocycles. The monoisotopic (exact) mass is 296 g/mol. The molecule has 20 heavy (non-hydrogen) atoms. The molecule has 1 rings (SSSR count). The Labute approximate surface area is 112 Å². The van der Waals surface area contributed by atoms with E-state index in [0.717, 1.165) is 0 Å². The van der Waals surface area contributed by atoms with Gasteiger partial charge in [0.05, 0.1) is 13.0 Å². The second-order valence-corrected chi connectivity index (χ2v) is 4.26. The van der Waals surface area contributed by atoms with Crippen molar-refractivity contribution in [3.05, 3.63) is 0 Å². The number of carbonyl (C=O) groups is 2. The van der Waals surface area contributed by atoms with Crippen LogP contribution in [0.15, 0.2) is 0 Å². The van der Waals surface area contributed by atoms with Gasteiger partial charge in [0.2, 0.25) is 0 Å². The summed E-state index contributed by atoms with van der Waals surface area (Å²) in [4.78, 5) is 21.3. The van der Waals surface area contributed by atoms with E-state index in [-0.39, 0.29) is 0 Å². The summed E-state index contributed by atoms with van der Waals surface area (Å²) in [7, 11) is 0. The average molecular weight is 296 g/mol. The number of aliphatic hydroxyl groups is 4. The van der Waals surface area contributed by atoms with Crippen molar-refractivity contribution in [2.24, 2.45) is 0 Å². The lowest BCUT2D eigenvalue weighted by atomic mass is 9.99. The number of carboxylic acids is 2. The summed E-state index contributed by atoms with van der Waals surface area (Å²) in [6, 6.07) is 0. The minimum atomic E-state index is -1.81. The highest BCUT2D eigenvalue weighted by molar-refractivity contribution is 5.79. The molecular formula is C10H16O10. The molecule has 3 unspecified atom stereocenters. The lowest BCUT2D eigenvalue weighted by molar-refractivity contribution is -0.310. The van der Waals surface area contributed by atoms with Crippen LogP contribution < -0.4 is 0 Å². The van der Waals surface area contributed by atoms with Crippen molar-refractivity contribution in [3.8, 4) is 0 Å². The number of hydrogen-bond donors (Lipinski definition) is 6. The Bertz CT molecular complexity index is 356. The molecule has 1 aliphatic heterocycles. The van der Waals surface area contributed by atoms with Crippen LogP contribution in [-0.4, -0.2) is 86.0 Å². The van der Waals surface area contributed by atoms with Crippen LogP contribution in [0, 0.1) is 0 Å². The van der Waals surface area contributed by atoms with Crippen LogP contribution in [0.25, 0.3) is 0 Å². The van der Waals surface area contributed by atoms with E-state index in [1.807, 2.05) is 0 Å². The zero-order valence-electron chi connectivity index (χ0n) is 10.2. The van der Waals surface area contributed by atoms with Gasteiger partial charge in [-0.3, -0.25) is 4.79 Å². The summed E-state index contributed by atoms with van der Waals surface area (Å²) in [6.45, 7) is -0.707. The van der Waals surface area contributed by atoms with Gasteiger partial charge < -0.3 is 40.1 Å². The number of carboxylic acid groups (broad SMARTS) is 2. The molecule has 1 heterocycles. The van der Waals surface area contributed by atoms with Gasteiger partial charge in [-0.1, -0.05) is 0 Å². The molecule has 10 nitrogen and oxygen atoms in total. The Morgan fingerprint density at radius 2 is 1.70 bits per heavy atom. The molecule has 6 atom stereocenters. The standard InChI is InChI=1S/C10H16O10/c11-2-4-6(14)7(15)8(16)10(20-4)19-3(9(17)18)1-5(12)13/h3-4,6-8,10-11,14-16H,1-2H2,(H,12,13)(H,17,18)/t3-,4?,6+,7-,8?,10?/m0/s1. The van der Waals surface area contributed by atoms with Gasteiger partial charge in [-0.2, -0.15) is 0 Å². The highest BCUT2D eigenvalue weighted by atomic mass is 16.7. The molecule has 0 aromatic heterocycles. The van der Waals surface area contributed by atoms with Crippen LogP contribution in [-0.2, 0) is 19.1 Å². The number of hydrogen-bond acceptors (Lipinski definition) is 8. The molecule has 0 aromatic rings. The molecule has 0 radical (unpaired) electrons. The average Bonchev–Trinajstić information content (AvgIpc) is 2.37. The Balaban J connectivity index is 2.77. The molecule has 1 saturated heterocycles. The second-order valence-electron chi connectivity index (χ2n) is 4.26. The van der Waals surface area contributed by atoms with E-state index in [9.17, 15) is 24.9 Å². The summed E-state index contributed by atoms with van der Waals surface area (Å²) in [5.41, 5.74) is 0. The minimum Gasteiger partial charge on any atom is -0.481 e. The first-order valence-corrected chi connectivity index (χ1v) is 5.68. The highest BCUT2D eigenvalue weighted by Crippen LogP contribution is 2.23. The molecule has 6 N–H and O–H groups in total. The number of aliphatic hydroxyl groups excluding tert-OH is 4. The Morgan fingerprint density at radius 1 is 1.10 bits per heavy atom. The van der Waals surface area contributed by atoms with E-state index >= 15 is 0 Å². The van der Waals surface area contributed by atoms with Crippen LogP contribution in [0.4, 0.5) is 0 Å². The second kappa shape index (κ2) is 6.92. The van der Waals surface area contributed by atoms with E-state index in [1.165, 1.54) is 0 Å². The quantitative estimate of drug-likeness (QED) is 0.292. The van der Waals surface area contributed by atoms with Crippen LogP contribution in [0.5, 0.6) is 0 Å². The maximum Gasteiger partial charge on any atom is 0.333 e. The van der Waals surface area contributed by atoms with Crippen molar-refractivity contribution < 1.29 is 49.7 Å². The van der Waals surface area contributed by atoms with E-state index in [0.29, 0.717) is 0 Å². The zero-order chi connectivity index (χ0) is 15.4. The van der Waals surface area contributed by atoms with Gasteiger partial charge in [-0.25, -0.2) is 4.79 Å². The first-order chi connectivity index (χ1) is 9.27. The predicted octanol–water partition coefficient (Wildman–Crippen LogP) is -3.27. The third-order valence-corrected chi connectivity index (χ3v) is 2.78. The largest absolute Gasteiger partial charge is 0.481 e. The van der Waals surface area contributed by atoms with E-state index in [4.69, 9.17) is 24.8 Å². The molecule has 10 heteroatoms. The van der Waals surface area contributed by atoms with Crippen LogP contribution in [0.2, 0.25) is 0 Å². The molecule has 0 spiro atoms. The van der Waals surface area contributed by atoms with Gasteiger partial charge in [0.25, 0.3) is 0 Å². The maximum absolute atomic E-state index is 10.8. The molecule has 0 amide bonds. The smallest absolute Gasteiger partial charge is 0.333 e. The summed E-state index contributed by atoms with van der Waals surface area (Å²) >= 11 is 0. The predicted molar refractivity (Wildman–Crippen MR) is 58.5 cm³/mol. The lowest BCUT2D eigenvalue weighted by Gasteiger charge is -2.40. The third-order valence-electron chi connectivity index (χ3n) is 2.78. The third kappa shape index (κ3) is 3.85. The van der Waals surface area contributed by atoms with Crippen molar-refractivity contribution in [1.29, 1.82) is 0 Å². The fourth-order valence-electron chi connectivity index (χ4n) is 1.69. The molecular weight excluding hydrogens is 280 g/mol. The van der Waals surface area contributed by atoms with Crippen molar-refractivity contribution in [1.82, 2.24) is 0 Å². The van der Waals surface area contributed by atoms with E-state index in [1.54, 1.807) is 0 Å². The van der Waals surface area contributed by atoms with Crippen LogP contribution in [0.3, 0.4) is 0 Å². The van der Waals surface area contributed by atoms with Crippen molar-refractivity contribution in [2.45, 2.75) is 43.2 Å². The van der Waals surface area contributed by atoms with Crippen molar-refractivity contribution in [2.75, 3.05) is 6.61 Å². The zero-order valence-corrected chi connectivity index (χ0v) is 10.2. The molecule has 0 bridgehead atoms.